The van der Waals surface area contributed by atoms with Crippen molar-refractivity contribution >= 4 is 37.8 Å². The summed E-state index contributed by atoms with van der Waals surface area (Å²) in [7, 11) is 0. The Morgan fingerprint density at radius 1 is 1.41 bits per heavy atom. The van der Waals surface area contributed by atoms with Gasteiger partial charge in [0.2, 0.25) is 5.91 Å². The molecule has 5 heteroatoms. The van der Waals surface area contributed by atoms with Crippen LogP contribution in [0.1, 0.15) is 39.0 Å². The monoisotopic (exact) mass is 369 g/mol. The molecule has 1 aliphatic rings. The number of ether oxygens (including phenoxy) is 1. The Bertz CT molecular complexity index is 239. The van der Waals surface area contributed by atoms with Crippen LogP contribution < -0.4 is 5.32 Å². The van der Waals surface area contributed by atoms with Gasteiger partial charge in [-0.1, -0.05) is 31.9 Å². The average Bonchev–Trinajstić information content (AvgIpc) is 2.37. The lowest BCUT2D eigenvalue weighted by Crippen LogP contribution is -2.49. The highest BCUT2D eigenvalue weighted by Crippen LogP contribution is 2.17. The van der Waals surface area contributed by atoms with Crippen LogP contribution in [0.2, 0.25) is 0 Å². The van der Waals surface area contributed by atoms with Crippen molar-refractivity contribution in [1.29, 1.82) is 0 Å². The molecule has 3 nitrogen and oxygen atoms in total. The summed E-state index contributed by atoms with van der Waals surface area (Å²) in [5.74, 6) is 0.112. The fourth-order valence-electron chi connectivity index (χ4n) is 1.83. The first kappa shape index (κ1) is 15.4. The van der Waals surface area contributed by atoms with E-state index in [0.717, 1.165) is 36.5 Å². The van der Waals surface area contributed by atoms with Gasteiger partial charge in [-0.15, -0.1) is 0 Å². The maximum absolute atomic E-state index is 11.8. The Labute approximate surface area is 120 Å². The number of hydrogen-bond acceptors (Lipinski definition) is 2. The molecule has 1 amide bonds. The van der Waals surface area contributed by atoms with Crippen LogP contribution in [0.15, 0.2) is 0 Å². The number of rotatable bonds is 6. The van der Waals surface area contributed by atoms with E-state index in [0.29, 0.717) is 6.42 Å². The number of halogens is 2. The summed E-state index contributed by atoms with van der Waals surface area (Å²) in [4.78, 5) is 11.8. The van der Waals surface area contributed by atoms with Crippen molar-refractivity contribution in [3.05, 3.63) is 0 Å². The number of nitrogens with one attached hydrogen (secondary N) is 1. The van der Waals surface area contributed by atoms with E-state index >= 15 is 0 Å². The molecule has 1 heterocycles. The standard InChI is InChI=1S/C12H21Br2NO2/c1-12(8-13,9-14)15-11(16)6-5-10-4-2-3-7-17-10/h10H,2-9H2,1H3,(H,15,16). The summed E-state index contributed by atoms with van der Waals surface area (Å²) < 4.78 is 5.61. The SMILES string of the molecule is CC(CBr)(CBr)NC(=O)CCC1CCCCO1. The molecule has 0 aromatic heterocycles. The van der Waals surface area contributed by atoms with Gasteiger partial charge >= 0.3 is 0 Å². The Hall–Kier alpha value is 0.390. The van der Waals surface area contributed by atoms with Gasteiger partial charge in [0.1, 0.15) is 0 Å². The van der Waals surface area contributed by atoms with E-state index in [1.54, 1.807) is 0 Å². The molecule has 1 aliphatic heterocycles. The molecule has 0 radical (unpaired) electrons. The van der Waals surface area contributed by atoms with Gasteiger partial charge in [-0.25, -0.2) is 0 Å². The van der Waals surface area contributed by atoms with Gasteiger partial charge in [-0.2, -0.15) is 0 Å². The zero-order valence-electron chi connectivity index (χ0n) is 10.3. The second-order valence-corrected chi connectivity index (χ2v) is 6.02. The zero-order valence-corrected chi connectivity index (χ0v) is 13.5. The summed E-state index contributed by atoms with van der Waals surface area (Å²) in [6, 6.07) is 0. The quantitative estimate of drug-likeness (QED) is 0.730. The first-order valence-electron chi connectivity index (χ1n) is 6.14. The van der Waals surface area contributed by atoms with E-state index in [9.17, 15) is 4.79 Å². The number of hydrogen-bond donors (Lipinski definition) is 1. The molecule has 1 atom stereocenters. The smallest absolute Gasteiger partial charge is 0.220 e. The van der Waals surface area contributed by atoms with Crippen molar-refractivity contribution in [3.8, 4) is 0 Å². The van der Waals surface area contributed by atoms with Crippen molar-refractivity contribution in [2.75, 3.05) is 17.3 Å². The summed E-state index contributed by atoms with van der Waals surface area (Å²) in [6.07, 6.45) is 5.17. The zero-order chi connectivity index (χ0) is 12.7. The maximum Gasteiger partial charge on any atom is 0.220 e. The lowest BCUT2D eigenvalue weighted by molar-refractivity contribution is -0.123. The van der Waals surface area contributed by atoms with Gasteiger partial charge in [0.05, 0.1) is 11.6 Å². The molecule has 1 rings (SSSR count). The van der Waals surface area contributed by atoms with Crippen molar-refractivity contribution in [2.45, 2.75) is 50.7 Å². The molecule has 0 aliphatic carbocycles. The van der Waals surface area contributed by atoms with E-state index < -0.39 is 0 Å². The van der Waals surface area contributed by atoms with E-state index in [-0.39, 0.29) is 17.6 Å². The van der Waals surface area contributed by atoms with Crippen LogP contribution in [-0.4, -0.2) is 34.8 Å². The van der Waals surface area contributed by atoms with Crippen LogP contribution in [0.25, 0.3) is 0 Å². The number of alkyl halides is 2. The summed E-state index contributed by atoms with van der Waals surface area (Å²) in [5, 5.41) is 4.54. The van der Waals surface area contributed by atoms with Gasteiger partial charge in [0, 0.05) is 23.7 Å². The number of carbonyl (C=O) groups excluding carboxylic acids is 1. The first-order chi connectivity index (χ1) is 8.09. The summed E-state index contributed by atoms with van der Waals surface area (Å²) in [6.45, 7) is 2.87. The molecule has 0 aromatic rings. The van der Waals surface area contributed by atoms with Crippen LogP contribution in [-0.2, 0) is 9.53 Å². The molecule has 0 bridgehead atoms. The minimum absolute atomic E-state index is 0.112. The fraction of sp³-hybridized carbons (Fsp3) is 0.917. The predicted molar refractivity (Wildman–Crippen MR) is 77.0 cm³/mol. The highest BCUT2D eigenvalue weighted by atomic mass is 79.9. The predicted octanol–water partition coefficient (Wildman–Crippen LogP) is 3.00. The topological polar surface area (TPSA) is 38.3 Å². The minimum atomic E-state index is -0.204. The first-order valence-corrected chi connectivity index (χ1v) is 8.38. The molecule has 100 valence electrons. The fourth-order valence-corrected chi connectivity index (χ4v) is 3.04. The summed E-state index contributed by atoms with van der Waals surface area (Å²) in [5.41, 5.74) is -0.204. The Balaban J connectivity index is 2.24. The lowest BCUT2D eigenvalue weighted by atomic mass is 10.0. The van der Waals surface area contributed by atoms with Gasteiger partial charge in [-0.05, 0) is 32.6 Å². The lowest BCUT2D eigenvalue weighted by Gasteiger charge is -2.27. The van der Waals surface area contributed by atoms with Crippen LogP contribution in [0.4, 0.5) is 0 Å². The van der Waals surface area contributed by atoms with E-state index in [1.165, 1.54) is 6.42 Å². The Morgan fingerprint density at radius 3 is 2.65 bits per heavy atom. The largest absolute Gasteiger partial charge is 0.378 e. The normalized spacial score (nSPS) is 21.2. The van der Waals surface area contributed by atoms with Gasteiger partial charge in [-0.3, -0.25) is 4.79 Å². The third kappa shape index (κ3) is 5.71. The molecule has 0 spiro atoms. The minimum Gasteiger partial charge on any atom is -0.378 e. The molecule has 1 unspecified atom stereocenters. The van der Waals surface area contributed by atoms with Crippen molar-refractivity contribution in [1.82, 2.24) is 5.32 Å². The van der Waals surface area contributed by atoms with Crippen LogP contribution in [0.3, 0.4) is 0 Å². The van der Waals surface area contributed by atoms with Gasteiger partial charge < -0.3 is 10.1 Å². The second-order valence-electron chi connectivity index (χ2n) is 4.90. The Morgan fingerprint density at radius 2 is 2.12 bits per heavy atom. The molecule has 17 heavy (non-hydrogen) atoms. The van der Waals surface area contributed by atoms with Gasteiger partial charge in [0.15, 0.2) is 0 Å². The van der Waals surface area contributed by atoms with Gasteiger partial charge in [0.25, 0.3) is 0 Å². The van der Waals surface area contributed by atoms with Crippen molar-refractivity contribution in [3.63, 3.8) is 0 Å². The average molecular weight is 371 g/mol. The van der Waals surface area contributed by atoms with Crippen LogP contribution in [0.5, 0.6) is 0 Å². The number of amides is 1. The number of carbonyl (C=O) groups is 1. The molecular weight excluding hydrogens is 350 g/mol. The molecular formula is C12H21Br2NO2. The molecule has 1 saturated heterocycles. The molecule has 0 saturated carbocycles. The van der Waals surface area contributed by atoms with Crippen molar-refractivity contribution in [2.24, 2.45) is 0 Å². The third-order valence-corrected chi connectivity index (χ3v) is 5.47. The Kier molecular flexibility index (Phi) is 7.04. The maximum atomic E-state index is 11.8. The van der Waals surface area contributed by atoms with E-state index in [1.807, 2.05) is 6.92 Å². The van der Waals surface area contributed by atoms with E-state index in [4.69, 9.17) is 4.74 Å². The van der Waals surface area contributed by atoms with Crippen LogP contribution >= 0.6 is 31.9 Å². The van der Waals surface area contributed by atoms with E-state index in [2.05, 4.69) is 37.2 Å². The highest BCUT2D eigenvalue weighted by Gasteiger charge is 2.24. The second kappa shape index (κ2) is 7.74. The molecule has 0 aromatic carbocycles. The highest BCUT2D eigenvalue weighted by molar-refractivity contribution is 9.09. The van der Waals surface area contributed by atoms with Crippen LogP contribution in [0, 0.1) is 0 Å². The molecule has 1 fully saturated rings. The summed E-state index contributed by atoms with van der Waals surface area (Å²) >= 11 is 6.84. The molecule has 1 N–H and O–H groups in total. The third-order valence-electron chi connectivity index (χ3n) is 3.00. The van der Waals surface area contributed by atoms with Crippen molar-refractivity contribution < 1.29 is 9.53 Å².